The van der Waals surface area contributed by atoms with Crippen LogP contribution in [0.4, 0.5) is 5.69 Å². The summed E-state index contributed by atoms with van der Waals surface area (Å²) in [5.41, 5.74) is 8.42. The lowest BCUT2D eigenvalue weighted by Gasteiger charge is -1.99. The predicted octanol–water partition coefficient (Wildman–Crippen LogP) is 4.21. The highest BCUT2D eigenvalue weighted by molar-refractivity contribution is 6.30. The Balaban J connectivity index is 2.12. The van der Waals surface area contributed by atoms with Gasteiger partial charge < -0.3 is 10.2 Å². The first-order chi connectivity index (χ1) is 9.56. The van der Waals surface area contributed by atoms with E-state index in [4.69, 9.17) is 21.8 Å². The predicted molar refractivity (Wildman–Crippen MR) is 80.2 cm³/mol. The van der Waals surface area contributed by atoms with Crippen LogP contribution in [0.1, 0.15) is 21.7 Å². The number of hydrogen-bond acceptors (Lipinski definition) is 3. The van der Waals surface area contributed by atoms with Gasteiger partial charge in [-0.3, -0.25) is 4.79 Å². The third kappa shape index (κ3) is 2.06. The lowest BCUT2D eigenvalue weighted by Crippen LogP contribution is -2.01. The van der Waals surface area contributed by atoms with E-state index in [-0.39, 0.29) is 5.78 Å². The van der Waals surface area contributed by atoms with Crippen molar-refractivity contribution in [3.8, 4) is 0 Å². The monoisotopic (exact) mass is 285 g/mol. The summed E-state index contributed by atoms with van der Waals surface area (Å²) < 4.78 is 5.66. The SMILES string of the molecule is Cc1c(C(=O)c2ccc(Cl)cc2)oc2ccc(N)cc12. The Bertz CT molecular complexity index is 803. The maximum atomic E-state index is 12.5. The summed E-state index contributed by atoms with van der Waals surface area (Å²) in [6.07, 6.45) is 0. The van der Waals surface area contributed by atoms with Crippen molar-refractivity contribution in [1.82, 2.24) is 0 Å². The van der Waals surface area contributed by atoms with Crippen LogP contribution in [-0.2, 0) is 0 Å². The highest BCUT2D eigenvalue weighted by Gasteiger charge is 2.19. The Morgan fingerprint density at radius 1 is 1.15 bits per heavy atom. The van der Waals surface area contributed by atoms with Crippen LogP contribution in [0, 0.1) is 6.92 Å². The van der Waals surface area contributed by atoms with E-state index in [0.717, 1.165) is 10.9 Å². The van der Waals surface area contributed by atoms with Crippen molar-refractivity contribution in [1.29, 1.82) is 0 Å². The van der Waals surface area contributed by atoms with E-state index in [0.29, 0.717) is 27.6 Å². The van der Waals surface area contributed by atoms with Crippen molar-refractivity contribution < 1.29 is 9.21 Å². The molecule has 1 aromatic heterocycles. The van der Waals surface area contributed by atoms with Gasteiger partial charge in [-0.05, 0) is 49.4 Å². The molecule has 0 saturated heterocycles. The second-order valence-electron chi connectivity index (χ2n) is 4.65. The summed E-state index contributed by atoms with van der Waals surface area (Å²) in [6, 6.07) is 12.1. The van der Waals surface area contributed by atoms with E-state index in [1.807, 2.05) is 13.0 Å². The van der Waals surface area contributed by atoms with Gasteiger partial charge in [0.1, 0.15) is 5.58 Å². The average molecular weight is 286 g/mol. The van der Waals surface area contributed by atoms with Crippen LogP contribution in [-0.4, -0.2) is 5.78 Å². The molecule has 0 aliphatic rings. The topological polar surface area (TPSA) is 56.2 Å². The molecular weight excluding hydrogens is 274 g/mol. The van der Waals surface area contributed by atoms with Crippen LogP contribution in [0.2, 0.25) is 5.02 Å². The fraction of sp³-hybridized carbons (Fsp3) is 0.0625. The van der Waals surface area contributed by atoms with Crippen molar-refractivity contribution in [3.63, 3.8) is 0 Å². The smallest absolute Gasteiger partial charge is 0.228 e. The Morgan fingerprint density at radius 2 is 1.85 bits per heavy atom. The minimum atomic E-state index is -0.158. The molecule has 2 aromatic carbocycles. The number of nitrogens with two attached hydrogens (primary N) is 1. The number of halogens is 1. The molecule has 0 unspecified atom stereocenters. The molecule has 3 rings (SSSR count). The highest BCUT2D eigenvalue weighted by Crippen LogP contribution is 2.28. The van der Waals surface area contributed by atoms with Gasteiger partial charge in [0.05, 0.1) is 0 Å². The molecule has 20 heavy (non-hydrogen) atoms. The standard InChI is InChI=1S/C16H12ClNO2/c1-9-13-8-12(18)6-7-14(13)20-16(9)15(19)10-2-4-11(17)5-3-10/h2-8H,18H2,1H3. The maximum Gasteiger partial charge on any atom is 0.228 e. The summed E-state index contributed by atoms with van der Waals surface area (Å²) in [6.45, 7) is 1.86. The van der Waals surface area contributed by atoms with E-state index in [2.05, 4.69) is 0 Å². The number of rotatable bonds is 2. The molecule has 2 N–H and O–H groups in total. The van der Waals surface area contributed by atoms with Gasteiger partial charge in [0.15, 0.2) is 5.76 Å². The minimum Gasteiger partial charge on any atom is -0.452 e. The van der Waals surface area contributed by atoms with Crippen LogP contribution in [0.3, 0.4) is 0 Å². The number of ketones is 1. The summed E-state index contributed by atoms with van der Waals surface area (Å²) >= 11 is 5.83. The van der Waals surface area contributed by atoms with Crippen molar-refractivity contribution in [2.24, 2.45) is 0 Å². The summed E-state index contributed by atoms with van der Waals surface area (Å²) in [4.78, 5) is 12.5. The number of aryl methyl sites for hydroxylation is 1. The van der Waals surface area contributed by atoms with Gasteiger partial charge in [0.2, 0.25) is 5.78 Å². The fourth-order valence-corrected chi connectivity index (χ4v) is 2.31. The quantitative estimate of drug-likeness (QED) is 0.567. The number of benzene rings is 2. The Kier molecular flexibility index (Phi) is 2.99. The number of carbonyl (C=O) groups is 1. The van der Waals surface area contributed by atoms with Gasteiger partial charge in [-0.25, -0.2) is 0 Å². The second-order valence-corrected chi connectivity index (χ2v) is 5.08. The summed E-state index contributed by atoms with van der Waals surface area (Å²) in [7, 11) is 0. The molecule has 4 heteroatoms. The maximum absolute atomic E-state index is 12.5. The number of nitrogen functional groups attached to an aromatic ring is 1. The molecule has 0 radical (unpaired) electrons. The van der Waals surface area contributed by atoms with Crippen LogP contribution in [0.25, 0.3) is 11.0 Å². The third-order valence-corrected chi connectivity index (χ3v) is 3.52. The van der Waals surface area contributed by atoms with Crippen molar-refractivity contribution in [2.45, 2.75) is 6.92 Å². The molecule has 0 bridgehead atoms. The number of fused-ring (bicyclic) bond motifs is 1. The molecule has 0 aliphatic carbocycles. The van der Waals surface area contributed by atoms with E-state index in [1.165, 1.54) is 0 Å². The van der Waals surface area contributed by atoms with E-state index >= 15 is 0 Å². The Morgan fingerprint density at radius 3 is 2.55 bits per heavy atom. The molecule has 0 spiro atoms. The largest absolute Gasteiger partial charge is 0.452 e. The Hall–Kier alpha value is -2.26. The second kappa shape index (κ2) is 4.69. The number of carbonyl (C=O) groups excluding carboxylic acids is 1. The molecule has 3 nitrogen and oxygen atoms in total. The van der Waals surface area contributed by atoms with Crippen LogP contribution in [0.5, 0.6) is 0 Å². The van der Waals surface area contributed by atoms with E-state index in [9.17, 15) is 4.79 Å². The van der Waals surface area contributed by atoms with Crippen LogP contribution < -0.4 is 5.73 Å². The van der Waals surface area contributed by atoms with Gasteiger partial charge >= 0.3 is 0 Å². The lowest BCUT2D eigenvalue weighted by molar-refractivity contribution is 0.101. The van der Waals surface area contributed by atoms with Gasteiger partial charge in [-0.15, -0.1) is 0 Å². The van der Waals surface area contributed by atoms with E-state index in [1.54, 1.807) is 36.4 Å². The fourth-order valence-electron chi connectivity index (χ4n) is 2.19. The van der Waals surface area contributed by atoms with Crippen molar-refractivity contribution in [2.75, 3.05) is 5.73 Å². The van der Waals surface area contributed by atoms with Gasteiger partial charge in [0.25, 0.3) is 0 Å². The normalized spacial score (nSPS) is 10.9. The number of anilines is 1. The first kappa shape index (κ1) is 12.8. The minimum absolute atomic E-state index is 0.158. The van der Waals surface area contributed by atoms with Gasteiger partial charge in [-0.2, -0.15) is 0 Å². The Labute approximate surface area is 120 Å². The van der Waals surface area contributed by atoms with Crippen LogP contribution >= 0.6 is 11.6 Å². The summed E-state index contributed by atoms with van der Waals surface area (Å²) in [5, 5.41) is 1.46. The molecule has 0 saturated carbocycles. The number of hydrogen-bond donors (Lipinski definition) is 1. The molecule has 0 fully saturated rings. The highest BCUT2D eigenvalue weighted by atomic mass is 35.5. The van der Waals surface area contributed by atoms with Crippen molar-refractivity contribution in [3.05, 3.63) is 64.4 Å². The van der Waals surface area contributed by atoms with Crippen molar-refractivity contribution >= 4 is 34.0 Å². The molecule has 0 aliphatic heterocycles. The molecule has 3 aromatic rings. The van der Waals surface area contributed by atoms with Gasteiger partial charge in [-0.1, -0.05) is 11.6 Å². The zero-order chi connectivity index (χ0) is 14.3. The average Bonchev–Trinajstić information content (AvgIpc) is 2.76. The summed E-state index contributed by atoms with van der Waals surface area (Å²) in [5.74, 6) is 0.182. The molecule has 0 atom stereocenters. The first-order valence-corrected chi connectivity index (χ1v) is 6.53. The number of furan rings is 1. The third-order valence-electron chi connectivity index (χ3n) is 3.27. The zero-order valence-electron chi connectivity index (χ0n) is 10.8. The first-order valence-electron chi connectivity index (χ1n) is 6.15. The van der Waals surface area contributed by atoms with E-state index < -0.39 is 0 Å². The molecule has 1 heterocycles. The zero-order valence-corrected chi connectivity index (χ0v) is 11.6. The molecular formula is C16H12ClNO2. The molecule has 0 amide bonds. The molecule has 100 valence electrons. The van der Waals surface area contributed by atoms with Crippen LogP contribution in [0.15, 0.2) is 46.9 Å². The van der Waals surface area contributed by atoms with Gasteiger partial charge in [0, 0.05) is 27.2 Å². The lowest BCUT2D eigenvalue weighted by atomic mass is 10.0.